The van der Waals surface area contributed by atoms with Gasteiger partial charge in [-0.2, -0.15) is 0 Å². The van der Waals surface area contributed by atoms with Gasteiger partial charge in [-0.25, -0.2) is 0 Å². The lowest BCUT2D eigenvalue weighted by molar-refractivity contribution is 0.242. The van der Waals surface area contributed by atoms with Crippen LogP contribution >= 0.6 is 11.6 Å². The molecule has 2 rings (SSSR count). The molecule has 0 heterocycles. The fourth-order valence-electron chi connectivity index (χ4n) is 2.37. The molecule has 1 atom stereocenters. The second kappa shape index (κ2) is 8.21. The molecule has 0 amide bonds. The summed E-state index contributed by atoms with van der Waals surface area (Å²) < 4.78 is 5.66. The van der Waals surface area contributed by atoms with E-state index in [0.29, 0.717) is 0 Å². The highest BCUT2D eigenvalue weighted by Crippen LogP contribution is 2.24. The van der Waals surface area contributed by atoms with Gasteiger partial charge in [0.2, 0.25) is 0 Å². The molecule has 2 nitrogen and oxygen atoms in total. The van der Waals surface area contributed by atoms with Crippen molar-refractivity contribution in [2.45, 2.75) is 31.9 Å². The third-order valence-corrected chi connectivity index (χ3v) is 3.77. The second-order valence-corrected chi connectivity index (χ2v) is 6.41. The molecular formula is C19H24ClNO. The standard InChI is InChI=1S/C19H24ClNO/c1-15(2)22-18-11-9-17(10-12-18)19(20)14-21(3)13-16-7-5-4-6-8-16/h4-12,15,19H,13-14H2,1-3H3. The normalized spacial score (nSPS) is 12.6. The van der Waals surface area contributed by atoms with E-state index in [1.165, 1.54) is 5.56 Å². The zero-order chi connectivity index (χ0) is 15.9. The van der Waals surface area contributed by atoms with Crippen molar-refractivity contribution in [1.82, 2.24) is 4.90 Å². The molecule has 3 heteroatoms. The summed E-state index contributed by atoms with van der Waals surface area (Å²) in [5.74, 6) is 0.889. The van der Waals surface area contributed by atoms with Crippen molar-refractivity contribution in [3.05, 3.63) is 65.7 Å². The number of ether oxygens (including phenoxy) is 1. The van der Waals surface area contributed by atoms with Crippen LogP contribution in [0.2, 0.25) is 0 Å². The highest BCUT2D eigenvalue weighted by atomic mass is 35.5. The number of nitrogens with zero attached hydrogens (tertiary/aromatic N) is 1. The van der Waals surface area contributed by atoms with Crippen molar-refractivity contribution in [3.8, 4) is 5.75 Å². The molecule has 0 N–H and O–H groups in total. The Balaban J connectivity index is 1.89. The molecule has 118 valence electrons. The number of likely N-dealkylation sites (N-methyl/N-ethyl adjacent to an activating group) is 1. The van der Waals surface area contributed by atoms with Gasteiger partial charge in [0.05, 0.1) is 11.5 Å². The van der Waals surface area contributed by atoms with Gasteiger partial charge in [0.15, 0.2) is 0 Å². The Morgan fingerprint density at radius 3 is 2.23 bits per heavy atom. The van der Waals surface area contributed by atoms with Crippen LogP contribution in [0.15, 0.2) is 54.6 Å². The van der Waals surface area contributed by atoms with E-state index in [1.807, 2.05) is 44.2 Å². The molecule has 22 heavy (non-hydrogen) atoms. The molecule has 0 radical (unpaired) electrons. The molecule has 0 aliphatic rings. The lowest BCUT2D eigenvalue weighted by atomic mass is 10.1. The van der Waals surface area contributed by atoms with Crippen LogP contribution in [0.1, 0.15) is 30.4 Å². The quantitative estimate of drug-likeness (QED) is 0.674. The predicted octanol–water partition coefficient (Wildman–Crippen LogP) is 4.89. The number of benzene rings is 2. The summed E-state index contributed by atoms with van der Waals surface area (Å²) >= 11 is 6.54. The number of alkyl halides is 1. The zero-order valence-corrected chi connectivity index (χ0v) is 14.3. The monoisotopic (exact) mass is 317 g/mol. The van der Waals surface area contributed by atoms with E-state index in [0.717, 1.165) is 24.4 Å². The molecule has 0 saturated heterocycles. The second-order valence-electron chi connectivity index (χ2n) is 5.89. The maximum absolute atomic E-state index is 6.54. The van der Waals surface area contributed by atoms with Gasteiger partial charge in [-0.15, -0.1) is 11.6 Å². The molecule has 0 aromatic heterocycles. The topological polar surface area (TPSA) is 12.5 Å². The Kier molecular flexibility index (Phi) is 6.29. The number of halogens is 1. The third-order valence-electron chi connectivity index (χ3n) is 3.38. The Morgan fingerprint density at radius 2 is 1.64 bits per heavy atom. The smallest absolute Gasteiger partial charge is 0.119 e. The largest absolute Gasteiger partial charge is 0.491 e. The molecule has 2 aromatic rings. The van der Waals surface area contributed by atoms with Gasteiger partial charge in [-0.3, -0.25) is 0 Å². The highest BCUT2D eigenvalue weighted by Gasteiger charge is 2.11. The van der Waals surface area contributed by atoms with Gasteiger partial charge >= 0.3 is 0 Å². The summed E-state index contributed by atoms with van der Waals surface area (Å²) in [6, 6.07) is 18.5. The van der Waals surface area contributed by atoms with Crippen molar-refractivity contribution >= 4 is 11.6 Å². The predicted molar refractivity (Wildman–Crippen MR) is 93.6 cm³/mol. The van der Waals surface area contributed by atoms with E-state index in [4.69, 9.17) is 16.3 Å². The van der Waals surface area contributed by atoms with E-state index in [-0.39, 0.29) is 11.5 Å². The van der Waals surface area contributed by atoms with E-state index in [9.17, 15) is 0 Å². The number of rotatable bonds is 7. The highest BCUT2D eigenvalue weighted by molar-refractivity contribution is 6.21. The first kappa shape index (κ1) is 16.9. The van der Waals surface area contributed by atoms with E-state index in [1.54, 1.807) is 0 Å². The van der Waals surface area contributed by atoms with Gasteiger partial charge in [0, 0.05) is 13.1 Å². The van der Waals surface area contributed by atoms with Crippen LogP contribution in [0.3, 0.4) is 0 Å². The van der Waals surface area contributed by atoms with Crippen molar-refractivity contribution < 1.29 is 4.74 Å². The minimum Gasteiger partial charge on any atom is -0.491 e. The molecule has 1 unspecified atom stereocenters. The van der Waals surface area contributed by atoms with Crippen LogP contribution in [0.4, 0.5) is 0 Å². The van der Waals surface area contributed by atoms with E-state index < -0.39 is 0 Å². The lowest BCUT2D eigenvalue weighted by Crippen LogP contribution is -2.22. The van der Waals surface area contributed by atoms with Gasteiger partial charge in [0.1, 0.15) is 5.75 Å². The molecule has 0 aliphatic carbocycles. The average Bonchev–Trinajstić information content (AvgIpc) is 2.48. The zero-order valence-electron chi connectivity index (χ0n) is 13.5. The summed E-state index contributed by atoms with van der Waals surface area (Å²) in [4.78, 5) is 2.24. The van der Waals surface area contributed by atoms with E-state index >= 15 is 0 Å². The fraction of sp³-hybridized carbons (Fsp3) is 0.368. The summed E-state index contributed by atoms with van der Waals surface area (Å²) in [5.41, 5.74) is 2.42. The summed E-state index contributed by atoms with van der Waals surface area (Å²) in [7, 11) is 2.10. The van der Waals surface area contributed by atoms with Crippen molar-refractivity contribution in [1.29, 1.82) is 0 Å². The van der Waals surface area contributed by atoms with Crippen molar-refractivity contribution in [3.63, 3.8) is 0 Å². The number of hydrogen-bond acceptors (Lipinski definition) is 2. The van der Waals surface area contributed by atoms with Gasteiger partial charge in [-0.05, 0) is 44.2 Å². The molecule has 0 fully saturated rings. The van der Waals surface area contributed by atoms with Crippen molar-refractivity contribution in [2.75, 3.05) is 13.6 Å². The lowest BCUT2D eigenvalue weighted by Gasteiger charge is -2.20. The first-order chi connectivity index (χ1) is 10.5. The number of hydrogen-bond donors (Lipinski definition) is 0. The summed E-state index contributed by atoms with van der Waals surface area (Å²) in [6.07, 6.45) is 0.189. The summed E-state index contributed by atoms with van der Waals surface area (Å²) in [5, 5.41) is -0.0261. The molecule has 2 aromatic carbocycles. The minimum atomic E-state index is -0.0261. The Labute approximate surface area is 138 Å². The molecule has 0 aliphatic heterocycles. The Bertz CT molecular complexity index is 553. The van der Waals surface area contributed by atoms with Crippen LogP contribution in [0.25, 0.3) is 0 Å². The Hall–Kier alpha value is -1.51. The first-order valence-electron chi connectivity index (χ1n) is 7.67. The van der Waals surface area contributed by atoms with Crippen molar-refractivity contribution in [2.24, 2.45) is 0 Å². The van der Waals surface area contributed by atoms with Gasteiger partial charge in [0.25, 0.3) is 0 Å². The maximum Gasteiger partial charge on any atom is 0.119 e. The summed E-state index contributed by atoms with van der Waals surface area (Å²) in [6.45, 7) is 5.76. The van der Waals surface area contributed by atoms with Gasteiger partial charge < -0.3 is 9.64 Å². The fourth-order valence-corrected chi connectivity index (χ4v) is 2.75. The van der Waals surface area contributed by atoms with Crippen LogP contribution in [0, 0.1) is 0 Å². The average molecular weight is 318 g/mol. The van der Waals surface area contributed by atoms with Gasteiger partial charge in [-0.1, -0.05) is 42.5 Å². The SMILES string of the molecule is CC(C)Oc1ccc(C(Cl)CN(C)Cc2ccccc2)cc1. The first-order valence-corrected chi connectivity index (χ1v) is 8.11. The minimum absolute atomic E-state index is 0.0261. The van der Waals surface area contributed by atoms with E-state index in [2.05, 4.69) is 36.2 Å². The van der Waals surface area contributed by atoms with Crippen LogP contribution in [0.5, 0.6) is 5.75 Å². The third kappa shape index (κ3) is 5.36. The molecule has 0 spiro atoms. The molecule has 0 saturated carbocycles. The van der Waals surface area contributed by atoms with Crippen LogP contribution < -0.4 is 4.74 Å². The molecule has 0 bridgehead atoms. The van der Waals surface area contributed by atoms with Crippen LogP contribution in [-0.4, -0.2) is 24.6 Å². The molecular weight excluding hydrogens is 294 g/mol. The van der Waals surface area contributed by atoms with Crippen LogP contribution in [-0.2, 0) is 6.54 Å². The Morgan fingerprint density at radius 1 is 1.00 bits per heavy atom. The maximum atomic E-state index is 6.54.